The number of rotatable bonds is 4. The molecular weight excluding hydrogens is 385 g/mol. The Morgan fingerprint density at radius 2 is 1.89 bits per heavy atom. The maximum absolute atomic E-state index is 12.6. The first-order valence-corrected chi connectivity index (χ1v) is 8.68. The largest absolute Gasteiger partial charge is 0.321 e. The number of anilines is 1. The molecule has 134 valence electrons. The summed E-state index contributed by atoms with van der Waals surface area (Å²) >= 11 is 12.1. The van der Waals surface area contributed by atoms with Crippen molar-refractivity contribution in [2.24, 2.45) is 0 Å². The van der Waals surface area contributed by atoms with Crippen molar-refractivity contribution in [3.05, 3.63) is 97.9 Å². The van der Waals surface area contributed by atoms with Crippen LogP contribution in [0.15, 0.2) is 65.6 Å². The molecule has 0 atom stereocenters. The summed E-state index contributed by atoms with van der Waals surface area (Å²) in [5.74, 6) is -0.457. The van der Waals surface area contributed by atoms with Crippen molar-refractivity contribution in [3.8, 4) is 6.07 Å². The maximum Gasteiger partial charge on any atom is 0.257 e. The average molecular weight is 398 g/mol. The Kier molecular flexibility index (Phi) is 5.60. The van der Waals surface area contributed by atoms with Gasteiger partial charge in [-0.15, -0.1) is 0 Å². The summed E-state index contributed by atoms with van der Waals surface area (Å²) in [7, 11) is 0. The van der Waals surface area contributed by atoms with E-state index in [2.05, 4.69) is 5.32 Å². The molecule has 7 heteroatoms. The normalized spacial score (nSPS) is 10.3. The number of hydrogen-bond acceptors (Lipinski definition) is 3. The third-order valence-electron chi connectivity index (χ3n) is 3.89. The lowest BCUT2D eigenvalue weighted by Gasteiger charge is -2.11. The fourth-order valence-corrected chi connectivity index (χ4v) is 2.88. The zero-order valence-electron chi connectivity index (χ0n) is 13.9. The maximum atomic E-state index is 12.6. The summed E-state index contributed by atoms with van der Waals surface area (Å²) in [6, 6.07) is 16.5. The molecule has 0 radical (unpaired) electrons. The van der Waals surface area contributed by atoms with Crippen LogP contribution >= 0.6 is 23.2 Å². The molecule has 3 rings (SSSR count). The van der Waals surface area contributed by atoms with E-state index < -0.39 is 5.91 Å². The van der Waals surface area contributed by atoms with Gasteiger partial charge in [-0.1, -0.05) is 41.4 Å². The first-order valence-electron chi connectivity index (χ1n) is 7.93. The SMILES string of the molecule is N#Cc1ccc(Cl)cc1NC(=O)c1ccc(=O)n(Cc2ccccc2Cl)c1. The highest BCUT2D eigenvalue weighted by atomic mass is 35.5. The lowest BCUT2D eigenvalue weighted by molar-refractivity contribution is 0.102. The van der Waals surface area contributed by atoms with Gasteiger partial charge in [0, 0.05) is 22.3 Å². The van der Waals surface area contributed by atoms with Gasteiger partial charge in [0.05, 0.1) is 23.4 Å². The molecule has 0 aliphatic heterocycles. The number of halogens is 2. The van der Waals surface area contributed by atoms with Crippen LogP contribution in [0.3, 0.4) is 0 Å². The van der Waals surface area contributed by atoms with Gasteiger partial charge in [0.1, 0.15) is 6.07 Å². The van der Waals surface area contributed by atoms with Crippen molar-refractivity contribution in [2.45, 2.75) is 6.54 Å². The van der Waals surface area contributed by atoms with E-state index in [-0.39, 0.29) is 23.2 Å². The van der Waals surface area contributed by atoms with Crippen LogP contribution in [-0.4, -0.2) is 10.5 Å². The molecule has 0 saturated heterocycles. The molecule has 3 aromatic rings. The Balaban J connectivity index is 1.89. The Bertz CT molecular complexity index is 1120. The molecule has 27 heavy (non-hydrogen) atoms. The second-order valence-electron chi connectivity index (χ2n) is 5.73. The number of pyridine rings is 1. The monoisotopic (exact) mass is 397 g/mol. The summed E-state index contributed by atoms with van der Waals surface area (Å²) < 4.78 is 1.40. The van der Waals surface area contributed by atoms with Gasteiger partial charge in [0.2, 0.25) is 0 Å². The topological polar surface area (TPSA) is 74.9 Å². The van der Waals surface area contributed by atoms with E-state index >= 15 is 0 Å². The molecule has 1 aromatic heterocycles. The minimum Gasteiger partial charge on any atom is -0.321 e. The standard InChI is InChI=1S/C20H13Cl2N3O2/c21-16-7-5-13(10-23)18(9-16)24-20(27)15-6-8-19(26)25(12-15)11-14-3-1-2-4-17(14)22/h1-9,12H,11H2,(H,24,27). The second kappa shape index (κ2) is 8.09. The van der Waals surface area contributed by atoms with Crippen molar-refractivity contribution in [1.82, 2.24) is 4.57 Å². The molecule has 5 nitrogen and oxygen atoms in total. The number of nitrogens with one attached hydrogen (secondary N) is 1. The van der Waals surface area contributed by atoms with Gasteiger partial charge < -0.3 is 9.88 Å². The zero-order chi connectivity index (χ0) is 19.4. The molecule has 0 fully saturated rings. The Labute approximate surface area is 165 Å². The summed E-state index contributed by atoms with van der Waals surface area (Å²) in [5, 5.41) is 12.7. The average Bonchev–Trinajstić information content (AvgIpc) is 2.65. The van der Waals surface area contributed by atoms with Crippen molar-refractivity contribution in [1.29, 1.82) is 5.26 Å². The summed E-state index contributed by atoms with van der Waals surface area (Å²) in [4.78, 5) is 24.7. The highest BCUT2D eigenvalue weighted by Crippen LogP contribution is 2.21. The van der Waals surface area contributed by atoms with Gasteiger partial charge in [-0.2, -0.15) is 5.26 Å². The summed E-state index contributed by atoms with van der Waals surface area (Å²) in [5.41, 5.74) is 1.37. The minimum atomic E-state index is -0.457. The van der Waals surface area contributed by atoms with Crippen molar-refractivity contribution < 1.29 is 4.79 Å². The van der Waals surface area contributed by atoms with Gasteiger partial charge in [-0.05, 0) is 35.9 Å². The lowest BCUT2D eigenvalue weighted by Crippen LogP contribution is -2.22. The fourth-order valence-electron chi connectivity index (χ4n) is 2.51. The molecule has 1 N–H and O–H groups in total. The Hall–Kier alpha value is -3.07. The van der Waals surface area contributed by atoms with Gasteiger partial charge in [-0.3, -0.25) is 9.59 Å². The summed E-state index contributed by atoms with van der Waals surface area (Å²) in [6.45, 7) is 0.236. The number of amides is 1. The van der Waals surface area contributed by atoms with Crippen LogP contribution in [-0.2, 0) is 6.54 Å². The van der Waals surface area contributed by atoms with Crippen molar-refractivity contribution in [3.63, 3.8) is 0 Å². The highest BCUT2D eigenvalue weighted by Gasteiger charge is 2.12. The van der Waals surface area contributed by atoms with Crippen LogP contribution in [0, 0.1) is 11.3 Å². The van der Waals surface area contributed by atoms with Crippen molar-refractivity contribution in [2.75, 3.05) is 5.32 Å². The number of hydrogen-bond donors (Lipinski definition) is 1. The van der Waals surface area contributed by atoms with E-state index in [1.54, 1.807) is 18.2 Å². The van der Waals surface area contributed by atoms with E-state index in [0.29, 0.717) is 15.7 Å². The van der Waals surface area contributed by atoms with Crippen LogP contribution in [0.1, 0.15) is 21.5 Å². The third kappa shape index (κ3) is 4.37. The van der Waals surface area contributed by atoms with E-state index in [1.165, 1.54) is 35.0 Å². The first-order chi connectivity index (χ1) is 13.0. The van der Waals surface area contributed by atoms with Gasteiger partial charge in [-0.25, -0.2) is 0 Å². The van der Waals surface area contributed by atoms with E-state index in [4.69, 9.17) is 28.5 Å². The number of nitriles is 1. The molecule has 1 heterocycles. The molecule has 0 spiro atoms. The molecule has 1 amide bonds. The van der Waals surface area contributed by atoms with Crippen LogP contribution in [0.2, 0.25) is 10.0 Å². The predicted molar refractivity (Wildman–Crippen MR) is 105 cm³/mol. The Morgan fingerprint density at radius 1 is 1.11 bits per heavy atom. The number of carbonyl (C=O) groups is 1. The van der Waals surface area contributed by atoms with E-state index in [1.807, 2.05) is 18.2 Å². The molecule has 0 saturated carbocycles. The quantitative estimate of drug-likeness (QED) is 0.711. The number of aromatic nitrogens is 1. The van der Waals surface area contributed by atoms with E-state index in [9.17, 15) is 9.59 Å². The first kappa shape index (κ1) is 18.7. The molecule has 0 unspecified atom stereocenters. The molecule has 2 aromatic carbocycles. The molecule has 0 aliphatic carbocycles. The highest BCUT2D eigenvalue weighted by molar-refractivity contribution is 6.31. The van der Waals surface area contributed by atoms with Crippen LogP contribution in [0.25, 0.3) is 0 Å². The predicted octanol–water partition coefficient (Wildman–Crippen LogP) is 4.33. The van der Waals surface area contributed by atoms with E-state index in [0.717, 1.165) is 5.56 Å². The number of benzene rings is 2. The second-order valence-corrected chi connectivity index (χ2v) is 6.57. The minimum absolute atomic E-state index is 0.236. The van der Waals surface area contributed by atoms with Crippen LogP contribution in [0.5, 0.6) is 0 Å². The molecule has 0 bridgehead atoms. The van der Waals surface area contributed by atoms with Gasteiger partial charge in [0.25, 0.3) is 11.5 Å². The third-order valence-corrected chi connectivity index (χ3v) is 4.50. The number of nitrogens with zero attached hydrogens (tertiary/aromatic N) is 2. The molecular formula is C20H13Cl2N3O2. The smallest absolute Gasteiger partial charge is 0.257 e. The van der Waals surface area contributed by atoms with Crippen LogP contribution < -0.4 is 10.9 Å². The lowest BCUT2D eigenvalue weighted by atomic mass is 10.1. The fraction of sp³-hybridized carbons (Fsp3) is 0.0500. The zero-order valence-corrected chi connectivity index (χ0v) is 15.5. The van der Waals surface area contributed by atoms with Crippen LogP contribution in [0.4, 0.5) is 5.69 Å². The van der Waals surface area contributed by atoms with Gasteiger partial charge in [0.15, 0.2) is 0 Å². The Morgan fingerprint density at radius 3 is 2.63 bits per heavy atom. The number of carbonyl (C=O) groups excluding carboxylic acids is 1. The van der Waals surface area contributed by atoms with Gasteiger partial charge >= 0.3 is 0 Å². The molecule has 0 aliphatic rings. The van der Waals surface area contributed by atoms with Crippen molar-refractivity contribution >= 4 is 34.8 Å². The summed E-state index contributed by atoms with van der Waals surface area (Å²) in [6.07, 6.45) is 1.46.